The number of nitrogens with zero attached hydrogens (tertiary/aromatic N) is 1. The number of nitrogens with one attached hydrogen (secondary N) is 2. The first kappa shape index (κ1) is 18.9. The van der Waals surface area contributed by atoms with Crippen molar-refractivity contribution in [1.29, 1.82) is 0 Å². The van der Waals surface area contributed by atoms with E-state index in [2.05, 4.69) is 48.7 Å². The van der Waals surface area contributed by atoms with E-state index in [9.17, 15) is 4.79 Å². The SMILES string of the molecule is CCCCc1nc(OC)c(CNC(=O)[C@H](CS)CC(C)C)[nH]1. The number of imidazole rings is 1. The first-order chi connectivity index (χ1) is 10.5. The number of methoxy groups -OCH3 is 1. The fraction of sp³-hybridized carbons (Fsp3) is 0.750. The highest BCUT2D eigenvalue weighted by atomic mass is 32.1. The van der Waals surface area contributed by atoms with Crippen LogP contribution >= 0.6 is 12.6 Å². The molecule has 0 bridgehead atoms. The van der Waals surface area contributed by atoms with Gasteiger partial charge in [0.05, 0.1) is 19.3 Å². The third-order valence-corrected chi connectivity index (χ3v) is 3.98. The van der Waals surface area contributed by atoms with Crippen LogP contribution in [0.3, 0.4) is 0 Å². The molecule has 1 aromatic rings. The normalized spacial score (nSPS) is 12.5. The zero-order chi connectivity index (χ0) is 16.5. The summed E-state index contributed by atoms with van der Waals surface area (Å²) in [7, 11) is 1.60. The maximum atomic E-state index is 12.2. The van der Waals surface area contributed by atoms with E-state index in [0.29, 0.717) is 24.1 Å². The molecule has 0 fully saturated rings. The molecule has 1 aromatic heterocycles. The standard InChI is InChI=1S/C16H29N3O2S/c1-5-6-7-14-18-13(16(19-14)21-4)9-17-15(20)12(10-22)8-11(2)3/h11-12,22H,5-10H2,1-4H3,(H,17,20)(H,18,19)/t12-/m0/s1. The summed E-state index contributed by atoms with van der Waals surface area (Å²) in [5, 5.41) is 2.96. The van der Waals surface area contributed by atoms with Crippen molar-refractivity contribution in [2.24, 2.45) is 11.8 Å². The minimum atomic E-state index is -0.0585. The maximum Gasteiger partial charge on any atom is 0.236 e. The third-order valence-electron chi connectivity index (χ3n) is 3.54. The summed E-state index contributed by atoms with van der Waals surface area (Å²) in [6, 6.07) is 0. The van der Waals surface area contributed by atoms with Crippen molar-refractivity contribution in [3.63, 3.8) is 0 Å². The first-order valence-corrected chi connectivity index (χ1v) is 8.65. The van der Waals surface area contributed by atoms with Crippen molar-refractivity contribution in [3.8, 4) is 5.88 Å². The number of rotatable bonds is 10. The fourth-order valence-corrected chi connectivity index (χ4v) is 2.67. The molecule has 2 N–H and O–H groups in total. The smallest absolute Gasteiger partial charge is 0.236 e. The van der Waals surface area contributed by atoms with E-state index >= 15 is 0 Å². The monoisotopic (exact) mass is 327 g/mol. The molecule has 0 saturated heterocycles. The van der Waals surface area contributed by atoms with Crippen molar-refractivity contribution in [3.05, 3.63) is 11.5 Å². The van der Waals surface area contributed by atoms with E-state index in [1.807, 2.05) is 0 Å². The predicted octanol–water partition coefficient (Wildman–Crippen LogP) is 2.97. The van der Waals surface area contributed by atoms with Crippen LogP contribution in [0.4, 0.5) is 0 Å². The molecule has 0 unspecified atom stereocenters. The van der Waals surface area contributed by atoms with Gasteiger partial charge in [-0.1, -0.05) is 27.2 Å². The number of carbonyl (C=O) groups excluding carboxylic acids is 1. The summed E-state index contributed by atoms with van der Waals surface area (Å²) < 4.78 is 5.28. The topological polar surface area (TPSA) is 67.0 Å². The molecule has 5 nitrogen and oxygen atoms in total. The van der Waals surface area contributed by atoms with Crippen LogP contribution in [-0.2, 0) is 17.8 Å². The molecule has 0 aliphatic carbocycles. The van der Waals surface area contributed by atoms with Gasteiger partial charge < -0.3 is 15.0 Å². The fourth-order valence-electron chi connectivity index (χ4n) is 2.35. The second-order valence-corrected chi connectivity index (χ2v) is 6.37. The quantitative estimate of drug-likeness (QED) is 0.579. The number of aromatic amines is 1. The number of thiol groups is 1. The van der Waals surface area contributed by atoms with Crippen molar-refractivity contribution >= 4 is 18.5 Å². The Morgan fingerprint density at radius 3 is 2.73 bits per heavy atom. The van der Waals surface area contributed by atoms with Gasteiger partial charge in [-0.25, -0.2) is 0 Å². The molecule has 6 heteroatoms. The molecule has 1 amide bonds. The number of ether oxygens (including phenoxy) is 1. The van der Waals surface area contributed by atoms with Gasteiger partial charge in [0.25, 0.3) is 0 Å². The van der Waals surface area contributed by atoms with Gasteiger partial charge in [-0.2, -0.15) is 17.6 Å². The summed E-state index contributed by atoms with van der Waals surface area (Å²) in [5.41, 5.74) is 0.824. The highest BCUT2D eigenvalue weighted by Gasteiger charge is 2.19. The molecule has 1 atom stereocenters. The lowest BCUT2D eigenvalue weighted by Gasteiger charge is -2.16. The molecule has 0 spiro atoms. The lowest BCUT2D eigenvalue weighted by atomic mass is 9.98. The number of carbonyl (C=O) groups is 1. The van der Waals surface area contributed by atoms with Crippen LogP contribution in [-0.4, -0.2) is 28.7 Å². The van der Waals surface area contributed by atoms with Crippen molar-refractivity contribution < 1.29 is 9.53 Å². The van der Waals surface area contributed by atoms with Gasteiger partial charge in [0, 0.05) is 18.1 Å². The van der Waals surface area contributed by atoms with Crippen LogP contribution in [0.15, 0.2) is 0 Å². The van der Waals surface area contributed by atoms with Crippen LogP contribution in [0.25, 0.3) is 0 Å². The highest BCUT2D eigenvalue weighted by molar-refractivity contribution is 7.80. The van der Waals surface area contributed by atoms with Crippen LogP contribution < -0.4 is 10.1 Å². The third kappa shape index (κ3) is 5.91. The molecular weight excluding hydrogens is 298 g/mol. The summed E-state index contributed by atoms with van der Waals surface area (Å²) in [4.78, 5) is 19.9. The maximum absolute atomic E-state index is 12.2. The summed E-state index contributed by atoms with van der Waals surface area (Å²) in [5.74, 6) is 2.50. The molecule has 0 aliphatic rings. The van der Waals surface area contributed by atoms with Crippen molar-refractivity contribution in [2.45, 2.75) is 53.0 Å². The molecule has 126 valence electrons. The van der Waals surface area contributed by atoms with Gasteiger partial charge >= 0.3 is 0 Å². The average Bonchev–Trinajstić information content (AvgIpc) is 2.90. The van der Waals surface area contributed by atoms with Gasteiger partial charge in [-0.3, -0.25) is 4.79 Å². The van der Waals surface area contributed by atoms with E-state index in [-0.39, 0.29) is 11.8 Å². The second-order valence-electron chi connectivity index (χ2n) is 6.00. The Bertz CT molecular complexity index is 460. The number of aromatic nitrogens is 2. The molecule has 0 radical (unpaired) electrons. The summed E-state index contributed by atoms with van der Waals surface area (Å²) >= 11 is 4.29. The largest absolute Gasteiger partial charge is 0.480 e. The number of amides is 1. The lowest BCUT2D eigenvalue weighted by Crippen LogP contribution is -2.32. The van der Waals surface area contributed by atoms with E-state index in [4.69, 9.17) is 4.74 Å². The van der Waals surface area contributed by atoms with E-state index in [1.54, 1.807) is 7.11 Å². The van der Waals surface area contributed by atoms with Gasteiger partial charge in [-0.05, 0) is 18.8 Å². The molecule has 1 heterocycles. The zero-order valence-corrected chi connectivity index (χ0v) is 15.0. The second kappa shape index (κ2) is 9.77. The summed E-state index contributed by atoms with van der Waals surface area (Å²) in [6.45, 7) is 6.78. The average molecular weight is 327 g/mol. The minimum Gasteiger partial charge on any atom is -0.480 e. The van der Waals surface area contributed by atoms with Crippen LogP contribution in [0.1, 0.15) is 51.6 Å². The molecule has 1 rings (SSSR count). The number of aryl methyl sites for hydroxylation is 1. The van der Waals surface area contributed by atoms with E-state index in [0.717, 1.165) is 37.2 Å². The number of H-pyrrole nitrogens is 1. The Morgan fingerprint density at radius 1 is 1.45 bits per heavy atom. The Labute approximate surface area is 139 Å². The minimum absolute atomic E-state index is 0.0375. The Hall–Kier alpha value is -1.17. The number of unbranched alkanes of at least 4 members (excludes halogenated alkanes) is 1. The van der Waals surface area contributed by atoms with Gasteiger partial charge in [0.15, 0.2) is 0 Å². The summed E-state index contributed by atoms with van der Waals surface area (Å²) in [6.07, 6.45) is 3.94. The van der Waals surface area contributed by atoms with E-state index < -0.39 is 0 Å². The van der Waals surface area contributed by atoms with Crippen LogP contribution in [0.5, 0.6) is 5.88 Å². The first-order valence-electron chi connectivity index (χ1n) is 8.02. The molecule has 0 aliphatic heterocycles. The number of hydrogen-bond donors (Lipinski definition) is 3. The van der Waals surface area contributed by atoms with E-state index in [1.165, 1.54) is 0 Å². The van der Waals surface area contributed by atoms with Gasteiger partial charge in [0.2, 0.25) is 11.8 Å². The zero-order valence-electron chi connectivity index (χ0n) is 14.1. The van der Waals surface area contributed by atoms with Crippen molar-refractivity contribution in [2.75, 3.05) is 12.9 Å². The Morgan fingerprint density at radius 2 is 2.18 bits per heavy atom. The Balaban J connectivity index is 2.62. The molecule has 22 heavy (non-hydrogen) atoms. The van der Waals surface area contributed by atoms with Gasteiger partial charge in [-0.15, -0.1) is 0 Å². The predicted molar refractivity (Wildman–Crippen MR) is 92.4 cm³/mol. The number of hydrogen-bond acceptors (Lipinski definition) is 4. The molecule has 0 saturated carbocycles. The van der Waals surface area contributed by atoms with Crippen LogP contribution in [0, 0.1) is 11.8 Å². The van der Waals surface area contributed by atoms with Crippen LogP contribution in [0.2, 0.25) is 0 Å². The highest BCUT2D eigenvalue weighted by Crippen LogP contribution is 2.17. The Kier molecular flexibility index (Phi) is 8.38. The lowest BCUT2D eigenvalue weighted by molar-refractivity contribution is -0.124. The molecular formula is C16H29N3O2S. The van der Waals surface area contributed by atoms with Crippen molar-refractivity contribution in [1.82, 2.24) is 15.3 Å². The molecule has 0 aromatic carbocycles. The van der Waals surface area contributed by atoms with Gasteiger partial charge in [0.1, 0.15) is 5.82 Å².